The van der Waals surface area contributed by atoms with Crippen LogP contribution in [0, 0.1) is 17.3 Å². The number of fused-ring (bicyclic) bond motifs is 3. The Morgan fingerprint density at radius 3 is 2.70 bits per heavy atom. The second-order valence-electron chi connectivity index (χ2n) is 10.4. The van der Waals surface area contributed by atoms with Gasteiger partial charge in [-0.1, -0.05) is 0 Å². The summed E-state index contributed by atoms with van der Waals surface area (Å²) in [6, 6.07) is 1.65. The molecule has 1 saturated heterocycles. The Hall–Kier alpha value is -1.71. The number of aromatic nitrogens is 1. The molecule has 2 unspecified atom stereocenters. The molecular formula is C24H32F3N3O3. The molecule has 1 aromatic rings. The SMILES string of the molecule is C[C@@H](O)[C@]1(C(=O)N2CCc3ncc(C(F)(F)F)cc3C2)CC[C@@H](NC2C3CCC2COC3)C1. The van der Waals surface area contributed by atoms with Gasteiger partial charge in [-0.15, -0.1) is 0 Å². The van der Waals surface area contributed by atoms with E-state index in [1.54, 1.807) is 11.8 Å². The summed E-state index contributed by atoms with van der Waals surface area (Å²) in [5.41, 5.74) is -0.651. The lowest BCUT2D eigenvalue weighted by atomic mass is 9.78. The maximum absolute atomic E-state index is 13.7. The van der Waals surface area contributed by atoms with E-state index in [2.05, 4.69) is 10.3 Å². The topological polar surface area (TPSA) is 74.7 Å². The number of rotatable bonds is 4. The highest BCUT2D eigenvalue weighted by molar-refractivity contribution is 5.84. The third kappa shape index (κ3) is 4.17. The molecule has 0 spiro atoms. The van der Waals surface area contributed by atoms with Crippen LogP contribution < -0.4 is 5.32 Å². The minimum Gasteiger partial charge on any atom is -0.392 e. The molecule has 6 nitrogen and oxygen atoms in total. The van der Waals surface area contributed by atoms with Crippen LogP contribution in [0.1, 0.15) is 55.8 Å². The normalized spacial score (nSPS) is 34.9. The Labute approximate surface area is 191 Å². The van der Waals surface area contributed by atoms with Gasteiger partial charge in [-0.25, -0.2) is 0 Å². The van der Waals surface area contributed by atoms with E-state index in [0.717, 1.165) is 44.7 Å². The summed E-state index contributed by atoms with van der Waals surface area (Å²) in [4.78, 5) is 19.3. The Bertz CT molecular complexity index is 893. The molecule has 3 fully saturated rings. The Morgan fingerprint density at radius 2 is 2.03 bits per heavy atom. The van der Waals surface area contributed by atoms with Crippen molar-refractivity contribution in [1.29, 1.82) is 0 Å². The third-order valence-electron chi connectivity index (χ3n) is 8.45. The fraction of sp³-hybridized carbons (Fsp3) is 0.750. The van der Waals surface area contributed by atoms with Gasteiger partial charge in [0.25, 0.3) is 0 Å². The second kappa shape index (κ2) is 8.50. The molecule has 9 heteroatoms. The highest BCUT2D eigenvalue weighted by atomic mass is 19.4. The third-order valence-corrected chi connectivity index (χ3v) is 8.45. The van der Waals surface area contributed by atoms with Crippen molar-refractivity contribution in [2.75, 3.05) is 19.8 Å². The van der Waals surface area contributed by atoms with Gasteiger partial charge < -0.3 is 20.1 Å². The van der Waals surface area contributed by atoms with Crippen LogP contribution >= 0.6 is 0 Å². The molecule has 5 atom stereocenters. The predicted molar refractivity (Wildman–Crippen MR) is 114 cm³/mol. The minimum absolute atomic E-state index is 0.0990. The minimum atomic E-state index is -4.47. The van der Waals surface area contributed by atoms with E-state index in [0.29, 0.717) is 54.9 Å². The highest BCUT2D eigenvalue weighted by Crippen LogP contribution is 2.45. The van der Waals surface area contributed by atoms with E-state index in [1.807, 2.05) is 0 Å². The highest BCUT2D eigenvalue weighted by Gasteiger charge is 2.52. The Morgan fingerprint density at radius 1 is 1.30 bits per heavy atom. The molecule has 1 amide bonds. The number of aliphatic hydroxyl groups excluding tert-OH is 1. The van der Waals surface area contributed by atoms with Crippen molar-refractivity contribution in [1.82, 2.24) is 15.2 Å². The van der Waals surface area contributed by atoms with Crippen molar-refractivity contribution in [3.8, 4) is 0 Å². The van der Waals surface area contributed by atoms with Crippen LogP contribution in [0.25, 0.3) is 0 Å². The number of halogens is 3. The van der Waals surface area contributed by atoms with Crippen LogP contribution in [-0.4, -0.2) is 58.8 Å². The van der Waals surface area contributed by atoms with Crippen LogP contribution in [0.2, 0.25) is 0 Å². The van der Waals surface area contributed by atoms with Crippen LogP contribution in [0.15, 0.2) is 12.3 Å². The van der Waals surface area contributed by atoms with Gasteiger partial charge in [-0.05, 0) is 62.5 Å². The average molecular weight is 468 g/mol. The fourth-order valence-corrected chi connectivity index (χ4v) is 6.50. The molecule has 33 heavy (non-hydrogen) atoms. The molecule has 2 saturated carbocycles. The van der Waals surface area contributed by atoms with Crippen molar-refractivity contribution < 1.29 is 27.8 Å². The molecule has 0 aromatic carbocycles. The molecule has 4 aliphatic rings. The zero-order valence-corrected chi connectivity index (χ0v) is 18.9. The number of ether oxygens (including phenoxy) is 1. The van der Waals surface area contributed by atoms with E-state index < -0.39 is 23.3 Å². The Balaban J connectivity index is 1.30. The lowest BCUT2D eigenvalue weighted by Crippen LogP contribution is -2.52. The summed E-state index contributed by atoms with van der Waals surface area (Å²) in [7, 11) is 0. The van der Waals surface area contributed by atoms with Gasteiger partial charge in [0.15, 0.2) is 0 Å². The summed E-state index contributed by atoms with van der Waals surface area (Å²) < 4.78 is 45.1. The van der Waals surface area contributed by atoms with E-state index in [4.69, 9.17) is 4.74 Å². The van der Waals surface area contributed by atoms with Gasteiger partial charge in [-0.3, -0.25) is 9.78 Å². The molecule has 0 radical (unpaired) electrons. The molecular weight excluding hydrogens is 435 g/mol. The number of nitrogens with zero attached hydrogens (tertiary/aromatic N) is 2. The largest absolute Gasteiger partial charge is 0.417 e. The maximum atomic E-state index is 13.7. The number of carbonyl (C=O) groups is 1. The second-order valence-corrected chi connectivity index (χ2v) is 10.4. The summed E-state index contributed by atoms with van der Waals surface area (Å²) in [6.07, 6.45) is 0.235. The molecule has 5 rings (SSSR count). The maximum Gasteiger partial charge on any atom is 0.417 e. The molecule has 2 aliphatic carbocycles. The number of hydrogen-bond acceptors (Lipinski definition) is 5. The standard InChI is InChI=1S/C24H32F3N3O3/c1-14(31)23(6-4-19(9-23)29-21-15-2-3-16(21)13-33-12-15)22(32)30-7-5-20-17(11-30)8-18(10-28-20)24(25,26)27/h8,10,14-16,19,21,29,31H,2-7,9,11-13H2,1H3/t14-,15?,16?,19-,21?,23+/m1/s1. The van der Waals surface area contributed by atoms with Crippen molar-refractivity contribution in [3.63, 3.8) is 0 Å². The number of hydrogen-bond donors (Lipinski definition) is 2. The van der Waals surface area contributed by atoms with Crippen molar-refractivity contribution in [2.24, 2.45) is 17.3 Å². The number of pyridine rings is 1. The summed E-state index contributed by atoms with van der Waals surface area (Å²) >= 11 is 0. The Kier molecular flexibility index (Phi) is 5.94. The first-order valence-electron chi connectivity index (χ1n) is 12.0. The summed E-state index contributed by atoms with van der Waals surface area (Å²) in [5.74, 6) is 0.865. The smallest absolute Gasteiger partial charge is 0.392 e. The van der Waals surface area contributed by atoms with Gasteiger partial charge in [0.1, 0.15) is 0 Å². The van der Waals surface area contributed by atoms with E-state index in [9.17, 15) is 23.1 Å². The van der Waals surface area contributed by atoms with Gasteiger partial charge in [-0.2, -0.15) is 13.2 Å². The van der Waals surface area contributed by atoms with Crippen molar-refractivity contribution >= 4 is 5.91 Å². The van der Waals surface area contributed by atoms with Crippen LogP contribution in [0.3, 0.4) is 0 Å². The number of alkyl halides is 3. The van der Waals surface area contributed by atoms with Crippen molar-refractivity contribution in [2.45, 2.75) is 76.4 Å². The van der Waals surface area contributed by atoms with E-state index in [1.165, 1.54) is 0 Å². The van der Waals surface area contributed by atoms with Gasteiger partial charge in [0, 0.05) is 43.5 Å². The predicted octanol–water partition coefficient (Wildman–Crippen LogP) is 2.92. The molecule has 182 valence electrons. The van der Waals surface area contributed by atoms with Gasteiger partial charge in [0.2, 0.25) is 5.91 Å². The van der Waals surface area contributed by atoms with Crippen LogP contribution in [0.4, 0.5) is 13.2 Å². The first kappa shape index (κ1) is 23.1. The van der Waals surface area contributed by atoms with Crippen LogP contribution in [-0.2, 0) is 28.7 Å². The number of nitrogens with one attached hydrogen (secondary N) is 1. The van der Waals surface area contributed by atoms with Crippen molar-refractivity contribution in [3.05, 3.63) is 29.1 Å². The summed E-state index contributed by atoms with van der Waals surface area (Å²) in [6.45, 7) is 3.73. The lowest BCUT2D eigenvalue weighted by molar-refractivity contribution is -0.149. The molecule has 2 aliphatic heterocycles. The number of amides is 1. The quantitative estimate of drug-likeness (QED) is 0.713. The first-order valence-corrected chi connectivity index (χ1v) is 12.0. The zero-order valence-electron chi connectivity index (χ0n) is 18.9. The first-order chi connectivity index (χ1) is 15.7. The van der Waals surface area contributed by atoms with Gasteiger partial charge >= 0.3 is 6.18 Å². The van der Waals surface area contributed by atoms with E-state index >= 15 is 0 Å². The molecule has 1 aromatic heterocycles. The monoisotopic (exact) mass is 467 g/mol. The molecule has 2 bridgehead atoms. The van der Waals surface area contributed by atoms with E-state index in [-0.39, 0.29) is 18.5 Å². The van der Waals surface area contributed by atoms with Gasteiger partial charge in [0.05, 0.1) is 30.3 Å². The fourth-order valence-electron chi connectivity index (χ4n) is 6.50. The average Bonchev–Trinajstić information content (AvgIpc) is 3.29. The number of carbonyl (C=O) groups excluding carboxylic acids is 1. The number of aliphatic hydroxyl groups is 1. The summed E-state index contributed by atoms with van der Waals surface area (Å²) in [5, 5.41) is 14.5. The molecule has 2 N–H and O–H groups in total. The zero-order chi connectivity index (χ0) is 23.4. The molecule has 3 heterocycles. The van der Waals surface area contributed by atoms with Crippen LogP contribution in [0.5, 0.6) is 0 Å². The lowest BCUT2D eigenvalue weighted by Gasteiger charge is -2.39.